The lowest BCUT2D eigenvalue weighted by atomic mass is 9.84. The van der Waals surface area contributed by atoms with Crippen molar-refractivity contribution < 1.29 is 37.0 Å². The van der Waals surface area contributed by atoms with E-state index in [4.69, 9.17) is 14.5 Å². The van der Waals surface area contributed by atoms with Crippen LogP contribution in [0.4, 0.5) is 24.1 Å². The first-order valence-electron chi connectivity index (χ1n) is 19.4. The highest BCUT2D eigenvalue weighted by molar-refractivity contribution is 7.22. The minimum Gasteiger partial charge on any atom is -0.490 e. The molecule has 0 saturated heterocycles. The van der Waals surface area contributed by atoms with Gasteiger partial charge in [0.15, 0.2) is 10.8 Å². The molecule has 0 unspecified atom stereocenters. The quantitative estimate of drug-likeness (QED) is 0.0799. The summed E-state index contributed by atoms with van der Waals surface area (Å²) in [5.41, 5.74) is 0.582. The highest BCUT2D eigenvalue weighted by Gasteiger charge is 2.40. The maximum atomic E-state index is 15.1. The second-order valence-corrected chi connectivity index (χ2v) is 16.7. The Morgan fingerprint density at radius 2 is 1.70 bits per heavy atom. The zero-order valence-electron chi connectivity index (χ0n) is 32.2. The van der Waals surface area contributed by atoms with E-state index in [0.717, 1.165) is 53.3 Å². The number of pyridine rings is 1. The summed E-state index contributed by atoms with van der Waals surface area (Å²) in [6.07, 6.45) is 1.34. The van der Waals surface area contributed by atoms with Gasteiger partial charge in [-0.15, -0.1) is 0 Å². The molecule has 1 aliphatic carbocycles. The van der Waals surface area contributed by atoms with Crippen LogP contribution in [0.3, 0.4) is 0 Å². The largest absolute Gasteiger partial charge is 0.490 e. The van der Waals surface area contributed by atoms with Gasteiger partial charge in [0.2, 0.25) is 0 Å². The molecule has 57 heavy (non-hydrogen) atoms. The van der Waals surface area contributed by atoms with Gasteiger partial charge in [-0.3, -0.25) is 10.1 Å². The Morgan fingerprint density at radius 1 is 0.930 bits per heavy atom. The number of para-hydroxylation sites is 1. The van der Waals surface area contributed by atoms with Crippen LogP contribution in [0.25, 0.3) is 21.3 Å². The summed E-state index contributed by atoms with van der Waals surface area (Å²) in [4.78, 5) is 49.4. The number of aromatic nitrogens is 2. The van der Waals surface area contributed by atoms with Gasteiger partial charge < -0.3 is 19.2 Å². The Balaban J connectivity index is 1.19. The highest BCUT2D eigenvalue weighted by Crippen LogP contribution is 2.45. The number of nitrogens with zero attached hydrogens (tertiary/aromatic N) is 3. The topological polar surface area (TPSA) is 111 Å². The first kappa shape index (κ1) is 39.9. The van der Waals surface area contributed by atoms with Crippen molar-refractivity contribution in [1.82, 2.24) is 9.97 Å². The van der Waals surface area contributed by atoms with E-state index in [1.807, 2.05) is 41.3 Å². The van der Waals surface area contributed by atoms with E-state index in [1.165, 1.54) is 35.6 Å². The van der Waals surface area contributed by atoms with E-state index in [0.29, 0.717) is 54.7 Å². The maximum Gasteiger partial charge on any atom is 0.420 e. The Bertz CT molecular complexity index is 2240. The number of fused-ring (bicyclic) bond motifs is 2. The van der Waals surface area contributed by atoms with Gasteiger partial charge in [-0.05, 0) is 113 Å². The Kier molecular flexibility index (Phi) is 11.7. The molecule has 9 nitrogen and oxygen atoms in total. The number of ether oxygens (including phenoxy) is 2. The number of amides is 1. The molecule has 13 heteroatoms. The molecule has 0 radical (unpaired) electrons. The number of hydrogen-bond donors (Lipinski definition) is 1. The molecule has 3 heterocycles. The van der Waals surface area contributed by atoms with Crippen LogP contribution < -0.4 is 15.0 Å². The van der Waals surface area contributed by atoms with Gasteiger partial charge in [0, 0.05) is 36.2 Å². The first-order chi connectivity index (χ1) is 27.3. The predicted octanol–water partition coefficient (Wildman–Crippen LogP) is 10.5. The number of unbranched alkanes of at least 4 members (excludes halogenated alkanes) is 1. The minimum atomic E-state index is -4.82. The third kappa shape index (κ3) is 9.30. The summed E-state index contributed by atoms with van der Waals surface area (Å²) in [5, 5.41) is 3.42. The summed E-state index contributed by atoms with van der Waals surface area (Å²) in [6.45, 7) is 5.82. The third-order valence-electron chi connectivity index (χ3n) is 10.5. The minimum absolute atomic E-state index is 0.0297. The van der Waals surface area contributed by atoms with Crippen LogP contribution in [0.1, 0.15) is 103 Å². The fourth-order valence-corrected chi connectivity index (χ4v) is 8.62. The molecule has 7 rings (SSSR count). The number of alkyl halides is 3. The molecule has 0 bridgehead atoms. The van der Waals surface area contributed by atoms with Crippen LogP contribution in [-0.2, 0) is 28.7 Å². The van der Waals surface area contributed by atoms with Crippen molar-refractivity contribution in [2.45, 2.75) is 96.6 Å². The molecule has 1 fully saturated rings. The average Bonchev–Trinajstić information content (AvgIpc) is 3.59. The first-order valence-corrected chi connectivity index (χ1v) is 20.2. The lowest BCUT2D eigenvalue weighted by molar-refractivity contribution is -0.139. The SMILES string of the molecule is CC(C)(C)OC(=O)c1nc(N2CCc3cccc(C(=O)Nc4nc5ccccc5s4)c3C2)ccc1-c1cccc(OC2CCC(CCCC=O)CC2)c1C(F)(F)F. The van der Waals surface area contributed by atoms with Crippen LogP contribution in [0.5, 0.6) is 5.75 Å². The summed E-state index contributed by atoms with van der Waals surface area (Å²) in [6, 6.07) is 20.5. The zero-order chi connectivity index (χ0) is 40.3. The molecule has 1 amide bonds. The summed E-state index contributed by atoms with van der Waals surface area (Å²) in [5.74, 6) is -0.693. The number of aldehydes is 1. The van der Waals surface area contributed by atoms with Crippen molar-refractivity contribution in [3.63, 3.8) is 0 Å². The monoisotopic (exact) mass is 798 g/mol. The number of thiazole rings is 1. The summed E-state index contributed by atoms with van der Waals surface area (Å²) in [7, 11) is 0. The Morgan fingerprint density at radius 3 is 2.44 bits per heavy atom. The van der Waals surface area contributed by atoms with Crippen molar-refractivity contribution >= 4 is 50.7 Å². The van der Waals surface area contributed by atoms with Crippen LogP contribution in [0.2, 0.25) is 0 Å². The number of anilines is 2. The standard InChI is InChI=1S/C44H45F3N4O5S/c1-43(2,3)56-41(54)39-31(30-12-9-15-35(38(30)44(45,46)47)55-29-19-17-27(18-20-29)10-6-7-25-52)21-22-37(49-39)51-24-23-28-11-8-13-32(33(28)26-51)40(53)50-42-48-34-14-4-5-16-36(34)57-42/h4-5,8-9,11-16,21-22,25,27,29H,6-7,10,17-20,23-24,26H2,1-3H3,(H,48,50,53). The van der Waals surface area contributed by atoms with E-state index in [-0.39, 0.29) is 35.0 Å². The fraction of sp³-hybridized carbons (Fsp3) is 0.386. The number of rotatable bonds is 11. The number of halogens is 3. The van der Waals surface area contributed by atoms with Crippen molar-refractivity contribution in [2.75, 3.05) is 16.8 Å². The summed E-state index contributed by atoms with van der Waals surface area (Å²) < 4.78 is 58.1. The van der Waals surface area contributed by atoms with Crippen molar-refractivity contribution in [1.29, 1.82) is 0 Å². The molecule has 0 atom stereocenters. The molecule has 2 aliphatic rings. The Hall–Kier alpha value is -5.30. The van der Waals surface area contributed by atoms with E-state index in [1.54, 1.807) is 32.9 Å². The van der Waals surface area contributed by atoms with Gasteiger partial charge in [-0.25, -0.2) is 14.8 Å². The number of hydrogen-bond acceptors (Lipinski definition) is 9. The van der Waals surface area contributed by atoms with Gasteiger partial charge in [-0.1, -0.05) is 54.2 Å². The molecule has 5 aromatic rings. The van der Waals surface area contributed by atoms with Crippen LogP contribution in [0.15, 0.2) is 72.8 Å². The fourth-order valence-electron chi connectivity index (χ4n) is 7.76. The molecule has 3 aromatic carbocycles. The van der Waals surface area contributed by atoms with E-state index in [2.05, 4.69) is 10.3 Å². The van der Waals surface area contributed by atoms with Crippen molar-refractivity contribution in [3.8, 4) is 16.9 Å². The number of nitrogens with one attached hydrogen (secondary N) is 1. The molecule has 1 N–H and O–H groups in total. The van der Waals surface area contributed by atoms with Crippen LogP contribution in [-0.4, -0.2) is 46.4 Å². The second-order valence-electron chi connectivity index (χ2n) is 15.7. The predicted molar refractivity (Wildman–Crippen MR) is 215 cm³/mol. The van der Waals surface area contributed by atoms with Crippen molar-refractivity contribution in [2.24, 2.45) is 5.92 Å². The van der Waals surface area contributed by atoms with E-state index >= 15 is 13.2 Å². The third-order valence-corrected chi connectivity index (χ3v) is 11.4. The van der Waals surface area contributed by atoms with Crippen LogP contribution >= 0.6 is 11.3 Å². The van der Waals surface area contributed by atoms with Gasteiger partial charge in [0.1, 0.15) is 29.0 Å². The molecule has 1 saturated carbocycles. The van der Waals surface area contributed by atoms with Gasteiger partial charge in [0.25, 0.3) is 5.91 Å². The maximum absolute atomic E-state index is 15.1. The summed E-state index contributed by atoms with van der Waals surface area (Å²) >= 11 is 1.38. The van der Waals surface area contributed by atoms with E-state index in [9.17, 15) is 14.4 Å². The zero-order valence-corrected chi connectivity index (χ0v) is 33.0. The molecule has 1 aliphatic heterocycles. The smallest absolute Gasteiger partial charge is 0.420 e. The second kappa shape index (κ2) is 16.7. The number of carbonyl (C=O) groups excluding carboxylic acids is 3. The number of esters is 1. The molecule has 0 spiro atoms. The van der Waals surface area contributed by atoms with Gasteiger partial charge in [0.05, 0.1) is 16.3 Å². The lowest BCUT2D eigenvalue weighted by Crippen LogP contribution is -2.33. The molecular formula is C44H45F3N4O5S. The Labute approximate surface area is 333 Å². The molecular weight excluding hydrogens is 754 g/mol. The molecule has 2 aromatic heterocycles. The highest BCUT2D eigenvalue weighted by atomic mass is 32.1. The number of benzene rings is 3. The molecule has 298 valence electrons. The van der Waals surface area contributed by atoms with Gasteiger partial charge in [-0.2, -0.15) is 13.2 Å². The van der Waals surface area contributed by atoms with E-state index < -0.39 is 29.4 Å². The van der Waals surface area contributed by atoms with Crippen LogP contribution in [0, 0.1) is 5.92 Å². The average molecular weight is 799 g/mol. The van der Waals surface area contributed by atoms with Crippen molar-refractivity contribution in [3.05, 3.63) is 101 Å². The number of carbonyl (C=O) groups is 3. The van der Waals surface area contributed by atoms with Gasteiger partial charge >= 0.3 is 12.1 Å². The normalized spacial score (nSPS) is 17.2. The lowest BCUT2D eigenvalue weighted by Gasteiger charge is -2.32.